The van der Waals surface area contributed by atoms with E-state index >= 15 is 0 Å². The van der Waals surface area contributed by atoms with Crippen LogP contribution in [-0.2, 0) is 11.2 Å². The van der Waals surface area contributed by atoms with Gasteiger partial charge in [-0.1, -0.05) is 12.1 Å². The molecule has 0 unspecified atom stereocenters. The molecule has 1 aromatic carbocycles. The second kappa shape index (κ2) is 6.57. The highest BCUT2D eigenvalue weighted by atomic mass is 16.5. The molecule has 0 bridgehead atoms. The van der Waals surface area contributed by atoms with Crippen LogP contribution in [0.2, 0.25) is 0 Å². The Morgan fingerprint density at radius 3 is 2.37 bits per heavy atom. The summed E-state index contributed by atoms with van der Waals surface area (Å²) in [5.74, 6) is 0.734. The Balaban J connectivity index is 2.40. The summed E-state index contributed by atoms with van der Waals surface area (Å²) >= 11 is 0. The molecule has 3 N–H and O–H groups in total. The van der Waals surface area contributed by atoms with Gasteiger partial charge in [0.15, 0.2) is 0 Å². The largest absolute Gasteiger partial charge is 0.491 e. The lowest BCUT2D eigenvalue weighted by Gasteiger charge is -2.17. The fourth-order valence-electron chi connectivity index (χ4n) is 1.56. The van der Waals surface area contributed by atoms with Gasteiger partial charge in [0, 0.05) is 6.54 Å². The van der Waals surface area contributed by atoms with Crippen molar-refractivity contribution in [3.8, 4) is 5.75 Å². The van der Waals surface area contributed by atoms with E-state index < -0.39 is 5.54 Å². The van der Waals surface area contributed by atoms with Crippen LogP contribution in [0.5, 0.6) is 5.75 Å². The van der Waals surface area contributed by atoms with Crippen LogP contribution in [0.15, 0.2) is 24.3 Å². The highest BCUT2D eigenvalue weighted by Crippen LogP contribution is 2.13. The molecule has 0 fully saturated rings. The molecule has 4 nitrogen and oxygen atoms in total. The lowest BCUT2D eigenvalue weighted by atomic mass is 10.1. The quantitative estimate of drug-likeness (QED) is 0.824. The topological polar surface area (TPSA) is 64.3 Å². The number of hydrogen-bond donors (Lipinski definition) is 2. The number of benzene rings is 1. The monoisotopic (exact) mass is 264 g/mol. The van der Waals surface area contributed by atoms with Gasteiger partial charge in [-0.2, -0.15) is 0 Å². The maximum absolute atomic E-state index is 11.6. The highest BCUT2D eigenvalue weighted by molar-refractivity contribution is 5.84. The first-order chi connectivity index (χ1) is 8.79. The summed E-state index contributed by atoms with van der Waals surface area (Å²) in [6, 6.07) is 7.92. The van der Waals surface area contributed by atoms with Crippen molar-refractivity contribution in [2.75, 3.05) is 6.54 Å². The number of amides is 1. The van der Waals surface area contributed by atoms with Crippen molar-refractivity contribution in [1.29, 1.82) is 0 Å². The van der Waals surface area contributed by atoms with Crippen molar-refractivity contribution >= 4 is 5.91 Å². The average molecular weight is 264 g/mol. The van der Waals surface area contributed by atoms with Crippen LogP contribution >= 0.6 is 0 Å². The van der Waals surface area contributed by atoms with Gasteiger partial charge >= 0.3 is 0 Å². The number of carbonyl (C=O) groups is 1. The fourth-order valence-corrected chi connectivity index (χ4v) is 1.56. The highest BCUT2D eigenvalue weighted by Gasteiger charge is 2.20. The average Bonchev–Trinajstić information content (AvgIpc) is 2.29. The van der Waals surface area contributed by atoms with Crippen LogP contribution in [-0.4, -0.2) is 24.1 Å². The molecule has 0 heterocycles. The van der Waals surface area contributed by atoms with Crippen LogP contribution in [0, 0.1) is 0 Å². The summed E-state index contributed by atoms with van der Waals surface area (Å²) in [4.78, 5) is 11.6. The van der Waals surface area contributed by atoms with Crippen LogP contribution < -0.4 is 15.8 Å². The Hall–Kier alpha value is -1.55. The first-order valence-electron chi connectivity index (χ1n) is 6.62. The summed E-state index contributed by atoms with van der Waals surface area (Å²) in [5, 5.41) is 2.82. The van der Waals surface area contributed by atoms with Crippen LogP contribution in [0.4, 0.5) is 0 Å². The molecule has 1 aromatic rings. The van der Waals surface area contributed by atoms with Gasteiger partial charge in [-0.05, 0) is 51.8 Å². The normalized spacial score (nSPS) is 11.5. The fraction of sp³-hybridized carbons (Fsp3) is 0.533. The first-order valence-corrected chi connectivity index (χ1v) is 6.62. The van der Waals surface area contributed by atoms with Gasteiger partial charge in [-0.15, -0.1) is 0 Å². The van der Waals surface area contributed by atoms with E-state index in [4.69, 9.17) is 10.5 Å². The minimum absolute atomic E-state index is 0.132. The zero-order valence-electron chi connectivity index (χ0n) is 12.2. The van der Waals surface area contributed by atoms with Gasteiger partial charge < -0.3 is 15.8 Å². The molecule has 0 aromatic heterocycles. The lowest BCUT2D eigenvalue weighted by Crippen LogP contribution is -2.49. The molecular weight excluding hydrogens is 240 g/mol. The molecule has 0 saturated carbocycles. The number of nitrogens with two attached hydrogens (primary N) is 1. The minimum Gasteiger partial charge on any atom is -0.491 e. The molecule has 106 valence electrons. The second-order valence-electron chi connectivity index (χ2n) is 5.54. The van der Waals surface area contributed by atoms with Gasteiger partial charge in [-0.3, -0.25) is 4.79 Å². The molecule has 0 aliphatic heterocycles. The first kappa shape index (κ1) is 15.5. The summed E-state index contributed by atoms with van der Waals surface area (Å²) in [6.07, 6.45) is 0.959. The van der Waals surface area contributed by atoms with Crippen molar-refractivity contribution < 1.29 is 9.53 Å². The van der Waals surface area contributed by atoms with E-state index in [1.807, 2.05) is 38.1 Å². The van der Waals surface area contributed by atoms with Gasteiger partial charge in [0.2, 0.25) is 5.91 Å². The van der Waals surface area contributed by atoms with Gasteiger partial charge in [0.25, 0.3) is 0 Å². The molecule has 19 heavy (non-hydrogen) atoms. The Labute approximate surface area is 115 Å². The zero-order valence-corrected chi connectivity index (χ0v) is 12.2. The van der Waals surface area contributed by atoms with Crippen LogP contribution in [0.1, 0.15) is 33.3 Å². The Bertz CT molecular complexity index is 405. The predicted molar refractivity (Wildman–Crippen MR) is 77.2 cm³/mol. The minimum atomic E-state index is -0.824. The standard InChI is InChI=1S/C15H24N2O2/c1-11(2)19-13-7-5-12(6-8-13)9-10-17-14(18)15(3,4)16/h5-8,11H,9-10,16H2,1-4H3,(H,17,18). The Morgan fingerprint density at radius 2 is 1.89 bits per heavy atom. The molecule has 1 amide bonds. The SMILES string of the molecule is CC(C)Oc1ccc(CCNC(=O)C(C)(C)N)cc1. The maximum atomic E-state index is 11.6. The van der Waals surface area contributed by atoms with Gasteiger partial charge in [0.05, 0.1) is 11.6 Å². The van der Waals surface area contributed by atoms with E-state index in [9.17, 15) is 4.79 Å². The van der Waals surface area contributed by atoms with E-state index in [2.05, 4.69) is 5.32 Å². The van der Waals surface area contributed by atoms with E-state index in [1.165, 1.54) is 0 Å². The molecule has 1 rings (SSSR count). The summed E-state index contributed by atoms with van der Waals surface area (Å²) in [5.41, 5.74) is 6.03. The molecule has 4 heteroatoms. The maximum Gasteiger partial charge on any atom is 0.239 e. The third-order valence-electron chi connectivity index (χ3n) is 2.58. The van der Waals surface area contributed by atoms with E-state index in [1.54, 1.807) is 13.8 Å². The van der Waals surface area contributed by atoms with E-state index in [0.29, 0.717) is 6.54 Å². The summed E-state index contributed by atoms with van der Waals surface area (Å²) in [6.45, 7) is 7.97. The Morgan fingerprint density at radius 1 is 1.32 bits per heavy atom. The number of ether oxygens (including phenoxy) is 1. The lowest BCUT2D eigenvalue weighted by molar-refractivity contribution is -0.125. The van der Waals surface area contributed by atoms with Crippen molar-refractivity contribution in [2.45, 2.75) is 45.8 Å². The van der Waals surface area contributed by atoms with Crippen molar-refractivity contribution in [2.24, 2.45) is 5.73 Å². The molecule has 0 radical (unpaired) electrons. The van der Waals surface area contributed by atoms with Gasteiger partial charge in [-0.25, -0.2) is 0 Å². The van der Waals surface area contributed by atoms with Crippen molar-refractivity contribution in [3.05, 3.63) is 29.8 Å². The molecule has 0 spiro atoms. The number of carbonyl (C=O) groups excluding carboxylic acids is 1. The van der Waals surface area contributed by atoms with Gasteiger partial charge in [0.1, 0.15) is 5.75 Å². The molecule has 0 saturated heterocycles. The summed E-state index contributed by atoms with van der Waals surface area (Å²) < 4.78 is 5.57. The van der Waals surface area contributed by atoms with Crippen LogP contribution in [0.25, 0.3) is 0 Å². The summed E-state index contributed by atoms with van der Waals surface area (Å²) in [7, 11) is 0. The number of rotatable bonds is 6. The van der Waals surface area contributed by atoms with Crippen molar-refractivity contribution in [3.63, 3.8) is 0 Å². The van der Waals surface area contributed by atoms with Crippen molar-refractivity contribution in [1.82, 2.24) is 5.32 Å². The van der Waals surface area contributed by atoms with E-state index in [0.717, 1.165) is 17.7 Å². The zero-order chi connectivity index (χ0) is 14.5. The third kappa shape index (κ3) is 5.75. The third-order valence-corrected chi connectivity index (χ3v) is 2.58. The predicted octanol–water partition coefficient (Wildman–Crippen LogP) is 1.87. The number of nitrogens with one attached hydrogen (secondary N) is 1. The smallest absolute Gasteiger partial charge is 0.239 e. The van der Waals surface area contributed by atoms with E-state index in [-0.39, 0.29) is 12.0 Å². The molecular formula is C15H24N2O2. The molecule has 0 aliphatic carbocycles. The molecule has 0 aliphatic rings. The van der Waals surface area contributed by atoms with Crippen LogP contribution in [0.3, 0.4) is 0 Å². The number of hydrogen-bond acceptors (Lipinski definition) is 3. The molecule has 0 atom stereocenters. The second-order valence-corrected chi connectivity index (χ2v) is 5.54. The Kier molecular flexibility index (Phi) is 5.36.